The molecule has 0 aliphatic carbocycles. The second-order valence-electron chi connectivity index (χ2n) is 3.42. The molecule has 0 aromatic carbocycles. The Balaban J connectivity index is 2.32. The fourth-order valence-corrected chi connectivity index (χ4v) is 2.08. The highest BCUT2D eigenvalue weighted by Gasteiger charge is 2.33. The van der Waals surface area contributed by atoms with Gasteiger partial charge in [0.1, 0.15) is 4.60 Å². The molecule has 76 valence electrons. The SMILES string of the molecule is CC1C(=O)NNC1c1cc(Br)nn1C. The molecule has 1 aliphatic heterocycles. The molecule has 2 atom stereocenters. The molecule has 0 bridgehead atoms. The zero-order valence-corrected chi connectivity index (χ0v) is 9.50. The highest BCUT2D eigenvalue weighted by Crippen LogP contribution is 2.26. The molecule has 2 unspecified atom stereocenters. The second-order valence-corrected chi connectivity index (χ2v) is 4.23. The van der Waals surface area contributed by atoms with E-state index in [4.69, 9.17) is 0 Å². The molecule has 1 fully saturated rings. The van der Waals surface area contributed by atoms with Gasteiger partial charge in [0.05, 0.1) is 17.7 Å². The third-order valence-corrected chi connectivity index (χ3v) is 2.86. The Bertz CT molecular complexity index is 375. The smallest absolute Gasteiger partial charge is 0.238 e. The van der Waals surface area contributed by atoms with Crippen LogP contribution in [-0.4, -0.2) is 15.7 Å². The molecule has 1 aromatic heterocycles. The first-order chi connectivity index (χ1) is 6.59. The number of carbonyl (C=O) groups is 1. The van der Waals surface area contributed by atoms with Gasteiger partial charge in [0, 0.05) is 7.05 Å². The number of hydrogen-bond acceptors (Lipinski definition) is 3. The minimum atomic E-state index is -0.0719. The van der Waals surface area contributed by atoms with E-state index < -0.39 is 0 Å². The number of carbonyl (C=O) groups excluding carboxylic acids is 1. The lowest BCUT2D eigenvalue weighted by atomic mass is 10.0. The Morgan fingerprint density at radius 3 is 2.79 bits per heavy atom. The molecule has 0 saturated carbocycles. The van der Waals surface area contributed by atoms with Gasteiger partial charge in [-0.05, 0) is 22.0 Å². The van der Waals surface area contributed by atoms with Gasteiger partial charge in [-0.2, -0.15) is 5.10 Å². The van der Waals surface area contributed by atoms with Crippen molar-refractivity contribution in [3.63, 3.8) is 0 Å². The molecule has 14 heavy (non-hydrogen) atoms. The average Bonchev–Trinajstić information content (AvgIpc) is 2.59. The molecule has 1 aliphatic rings. The van der Waals surface area contributed by atoms with Crippen LogP contribution in [0.1, 0.15) is 18.7 Å². The maximum absolute atomic E-state index is 11.3. The molecule has 1 amide bonds. The van der Waals surface area contributed by atoms with Gasteiger partial charge in [-0.3, -0.25) is 14.9 Å². The normalized spacial score (nSPS) is 26.6. The minimum Gasteiger partial charge on any atom is -0.291 e. The van der Waals surface area contributed by atoms with Crippen molar-refractivity contribution in [2.24, 2.45) is 13.0 Å². The van der Waals surface area contributed by atoms with E-state index in [1.807, 2.05) is 20.0 Å². The van der Waals surface area contributed by atoms with Gasteiger partial charge >= 0.3 is 0 Å². The summed E-state index contributed by atoms with van der Waals surface area (Å²) in [7, 11) is 1.86. The van der Waals surface area contributed by atoms with Gasteiger partial charge in [-0.15, -0.1) is 0 Å². The molecule has 2 N–H and O–H groups in total. The van der Waals surface area contributed by atoms with Crippen LogP contribution in [0.3, 0.4) is 0 Å². The maximum Gasteiger partial charge on any atom is 0.238 e. The highest BCUT2D eigenvalue weighted by atomic mass is 79.9. The molecule has 2 rings (SSSR count). The quantitative estimate of drug-likeness (QED) is 0.771. The highest BCUT2D eigenvalue weighted by molar-refractivity contribution is 9.10. The first kappa shape index (κ1) is 9.67. The number of rotatable bonds is 1. The summed E-state index contributed by atoms with van der Waals surface area (Å²) in [5.41, 5.74) is 6.54. The van der Waals surface area contributed by atoms with Crippen molar-refractivity contribution in [1.29, 1.82) is 0 Å². The third kappa shape index (κ3) is 1.44. The summed E-state index contributed by atoms with van der Waals surface area (Å²) in [5.74, 6) is -0.0513. The number of halogens is 1. The van der Waals surface area contributed by atoms with Crippen LogP contribution >= 0.6 is 15.9 Å². The molecule has 1 saturated heterocycles. The Hall–Kier alpha value is -0.880. The number of nitrogens with zero attached hydrogens (tertiary/aromatic N) is 2. The predicted octanol–water partition coefficient (Wildman–Crippen LogP) is 0.494. The number of amides is 1. The molecule has 5 nitrogen and oxygen atoms in total. The summed E-state index contributed by atoms with van der Waals surface area (Å²) in [6, 6.07) is 1.90. The van der Waals surface area contributed by atoms with Crippen LogP contribution < -0.4 is 10.9 Å². The van der Waals surface area contributed by atoms with Crippen LogP contribution in [0.5, 0.6) is 0 Å². The average molecular weight is 259 g/mol. The number of hydrazine groups is 1. The topological polar surface area (TPSA) is 59.0 Å². The van der Waals surface area contributed by atoms with Gasteiger partial charge in [-0.25, -0.2) is 5.43 Å². The second kappa shape index (κ2) is 3.36. The van der Waals surface area contributed by atoms with Crippen molar-refractivity contribution in [1.82, 2.24) is 20.6 Å². The van der Waals surface area contributed by atoms with Gasteiger partial charge in [0.2, 0.25) is 5.91 Å². The molecule has 2 heterocycles. The van der Waals surface area contributed by atoms with Crippen molar-refractivity contribution in [3.05, 3.63) is 16.4 Å². The Kier molecular flexibility index (Phi) is 2.32. The van der Waals surface area contributed by atoms with Gasteiger partial charge < -0.3 is 0 Å². The van der Waals surface area contributed by atoms with Gasteiger partial charge in [-0.1, -0.05) is 6.92 Å². The van der Waals surface area contributed by atoms with Crippen LogP contribution in [0.2, 0.25) is 0 Å². The maximum atomic E-state index is 11.3. The number of aryl methyl sites for hydroxylation is 1. The van der Waals surface area contributed by atoms with Gasteiger partial charge in [0.15, 0.2) is 0 Å². The summed E-state index contributed by atoms with van der Waals surface area (Å²) in [6.45, 7) is 1.89. The predicted molar refractivity (Wildman–Crippen MR) is 54.1 cm³/mol. The standard InChI is InChI=1S/C8H11BrN4O/c1-4-7(10-11-8(4)14)5-3-6(9)12-13(5)2/h3-4,7,10H,1-2H3,(H,11,14). The van der Waals surface area contributed by atoms with Crippen LogP contribution in [-0.2, 0) is 11.8 Å². The van der Waals surface area contributed by atoms with E-state index in [1.54, 1.807) is 4.68 Å². The van der Waals surface area contributed by atoms with E-state index in [-0.39, 0.29) is 17.9 Å². The van der Waals surface area contributed by atoms with Gasteiger partial charge in [0.25, 0.3) is 0 Å². The fourth-order valence-electron chi connectivity index (χ4n) is 1.61. The van der Waals surface area contributed by atoms with Crippen LogP contribution in [0.25, 0.3) is 0 Å². The Labute approximate surface area is 90.0 Å². The molecule has 1 aromatic rings. The van der Waals surface area contributed by atoms with E-state index in [0.29, 0.717) is 0 Å². The minimum absolute atomic E-state index is 0.00806. The summed E-state index contributed by atoms with van der Waals surface area (Å²) >= 11 is 3.30. The number of hydrogen-bond donors (Lipinski definition) is 2. The van der Waals surface area contributed by atoms with Crippen molar-refractivity contribution < 1.29 is 4.79 Å². The van der Waals surface area contributed by atoms with E-state index in [1.165, 1.54) is 0 Å². The van der Waals surface area contributed by atoms with Crippen molar-refractivity contribution in [2.75, 3.05) is 0 Å². The first-order valence-corrected chi connectivity index (χ1v) is 5.13. The number of nitrogens with one attached hydrogen (secondary N) is 2. The summed E-state index contributed by atoms with van der Waals surface area (Å²) in [4.78, 5) is 11.3. The first-order valence-electron chi connectivity index (χ1n) is 4.34. The lowest BCUT2D eigenvalue weighted by Crippen LogP contribution is -2.28. The molecule has 0 spiro atoms. The fraction of sp³-hybridized carbons (Fsp3) is 0.500. The monoisotopic (exact) mass is 258 g/mol. The van der Waals surface area contributed by atoms with Crippen molar-refractivity contribution >= 4 is 21.8 Å². The summed E-state index contributed by atoms with van der Waals surface area (Å²) in [6.07, 6.45) is 0. The van der Waals surface area contributed by atoms with E-state index >= 15 is 0 Å². The molecule has 6 heteroatoms. The summed E-state index contributed by atoms with van der Waals surface area (Å²) in [5, 5.41) is 4.17. The molecular weight excluding hydrogens is 248 g/mol. The largest absolute Gasteiger partial charge is 0.291 e. The van der Waals surface area contributed by atoms with Crippen LogP contribution in [0.4, 0.5) is 0 Å². The lowest BCUT2D eigenvalue weighted by Gasteiger charge is -2.12. The van der Waals surface area contributed by atoms with E-state index in [9.17, 15) is 4.79 Å². The van der Waals surface area contributed by atoms with Crippen molar-refractivity contribution in [2.45, 2.75) is 13.0 Å². The zero-order valence-electron chi connectivity index (χ0n) is 7.91. The molecule has 0 radical (unpaired) electrons. The van der Waals surface area contributed by atoms with E-state index in [0.717, 1.165) is 10.3 Å². The van der Waals surface area contributed by atoms with Crippen LogP contribution in [0, 0.1) is 5.92 Å². The van der Waals surface area contributed by atoms with Crippen molar-refractivity contribution in [3.8, 4) is 0 Å². The Morgan fingerprint density at radius 1 is 1.64 bits per heavy atom. The van der Waals surface area contributed by atoms with Crippen LogP contribution in [0.15, 0.2) is 10.7 Å². The number of aromatic nitrogens is 2. The zero-order chi connectivity index (χ0) is 10.3. The Morgan fingerprint density at radius 2 is 2.36 bits per heavy atom. The lowest BCUT2D eigenvalue weighted by molar-refractivity contribution is -0.122. The summed E-state index contributed by atoms with van der Waals surface area (Å²) < 4.78 is 2.54. The van der Waals surface area contributed by atoms with E-state index in [2.05, 4.69) is 31.9 Å². The third-order valence-electron chi connectivity index (χ3n) is 2.47. The molecular formula is C8H11BrN4O.